The monoisotopic (exact) mass is 232 g/mol. The second-order valence-electron chi connectivity index (χ2n) is 5.31. The number of hydrogen-bond donors (Lipinski definition) is 1. The van der Waals surface area contributed by atoms with Gasteiger partial charge in [0.2, 0.25) is 0 Å². The standard InChI is InChI=1S/C15H24N2/c1-12-8-9-17-11-14(12)15(16-2)10-13-6-4-3-5-7-13/h8-9,11,13,15-16H,3-7,10H2,1-2H3. The van der Waals surface area contributed by atoms with Gasteiger partial charge in [-0.25, -0.2) is 0 Å². The summed E-state index contributed by atoms with van der Waals surface area (Å²) < 4.78 is 0. The zero-order chi connectivity index (χ0) is 12.1. The molecule has 1 saturated carbocycles. The topological polar surface area (TPSA) is 24.9 Å². The maximum atomic E-state index is 4.27. The minimum Gasteiger partial charge on any atom is -0.313 e. The summed E-state index contributed by atoms with van der Waals surface area (Å²) in [6.45, 7) is 2.18. The molecule has 0 saturated heterocycles. The Bertz CT molecular complexity index is 343. The summed E-state index contributed by atoms with van der Waals surface area (Å²) in [5.41, 5.74) is 2.73. The molecule has 0 aliphatic heterocycles. The van der Waals surface area contributed by atoms with Crippen molar-refractivity contribution in [1.29, 1.82) is 0 Å². The van der Waals surface area contributed by atoms with Crippen LogP contribution in [0, 0.1) is 12.8 Å². The van der Waals surface area contributed by atoms with Crippen molar-refractivity contribution in [2.75, 3.05) is 7.05 Å². The van der Waals surface area contributed by atoms with Gasteiger partial charge in [0.25, 0.3) is 0 Å². The average molecular weight is 232 g/mol. The highest BCUT2D eigenvalue weighted by Gasteiger charge is 2.20. The fourth-order valence-corrected chi connectivity index (χ4v) is 3.00. The van der Waals surface area contributed by atoms with E-state index < -0.39 is 0 Å². The SMILES string of the molecule is CNC(CC1CCCCC1)c1cnccc1C. The number of nitrogens with zero attached hydrogens (tertiary/aromatic N) is 1. The first-order valence-corrected chi connectivity index (χ1v) is 6.89. The van der Waals surface area contributed by atoms with E-state index in [1.165, 1.54) is 49.7 Å². The Hall–Kier alpha value is -0.890. The van der Waals surface area contributed by atoms with Gasteiger partial charge in [-0.3, -0.25) is 4.98 Å². The fourth-order valence-electron chi connectivity index (χ4n) is 3.00. The molecule has 1 N–H and O–H groups in total. The molecule has 2 nitrogen and oxygen atoms in total. The second kappa shape index (κ2) is 6.15. The molecule has 0 bridgehead atoms. The lowest BCUT2D eigenvalue weighted by Crippen LogP contribution is -2.22. The first-order valence-electron chi connectivity index (χ1n) is 6.89. The van der Waals surface area contributed by atoms with Crippen LogP contribution in [-0.2, 0) is 0 Å². The number of aryl methyl sites for hydroxylation is 1. The van der Waals surface area contributed by atoms with Crippen molar-refractivity contribution in [3.63, 3.8) is 0 Å². The van der Waals surface area contributed by atoms with Crippen molar-refractivity contribution >= 4 is 0 Å². The zero-order valence-corrected chi connectivity index (χ0v) is 11.1. The molecular formula is C15H24N2. The molecule has 0 spiro atoms. The van der Waals surface area contributed by atoms with Crippen molar-refractivity contribution in [2.45, 2.75) is 51.5 Å². The quantitative estimate of drug-likeness (QED) is 0.857. The van der Waals surface area contributed by atoms with Crippen molar-refractivity contribution < 1.29 is 0 Å². The summed E-state index contributed by atoms with van der Waals surface area (Å²) in [6, 6.07) is 2.59. The molecule has 1 aromatic rings. The summed E-state index contributed by atoms with van der Waals surface area (Å²) in [5, 5.41) is 3.47. The van der Waals surface area contributed by atoms with Gasteiger partial charge in [-0.15, -0.1) is 0 Å². The third-order valence-corrected chi connectivity index (χ3v) is 4.10. The van der Waals surface area contributed by atoms with Crippen LogP contribution < -0.4 is 5.32 Å². The molecule has 0 amide bonds. The van der Waals surface area contributed by atoms with Gasteiger partial charge in [0.15, 0.2) is 0 Å². The summed E-state index contributed by atoms with van der Waals surface area (Å²) in [7, 11) is 2.07. The van der Waals surface area contributed by atoms with E-state index in [1.807, 2.05) is 12.4 Å². The predicted octanol–water partition coefficient (Wildman–Crippen LogP) is 3.62. The minimum absolute atomic E-state index is 0.479. The third-order valence-electron chi connectivity index (χ3n) is 4.10. The number of pyridine rings is 1. The minimum atomic E-state index is 0.479. The van der Waals surface area contributed by atoms with Gasteiger partial charge in [-0.1, -0.05) is 32.1 Å². The molecule has 0 radical (unpaired) electrons. The van der Waals surface area contributed by atoms with Crippen molar-refractivity contribution in [2.24, 2.45) is 5.92 Å². The van der Waals surface area contributed by atoms with E-state index in [4.69, 9.17) is 0 Å². The lowest BCUT2D eigenvalue weighted by Gasteiger charge is -2.27. The van der Waals surface area contributed by atoms with Crippen LogP contribution in [0.5, 0.6) is 0 Å². The van der Waals surface area contributed by atoms with Gasteiger partial charge < -0.3 is 5.32 Å². The highest BCUT2D eigenvalue weighted by atomic mass is 14.9. The highest BCUT2D eigenvalue weighted by molar-refractivity contribution is 5.25. The van der Waals surface area contributed by atoms with E-state index in [0.717, 1.165) is 5.92 Å². The number of nitrogens with one attached hydrogen (secondary N) is 1. The maximum Gasteiger partial charge on any atom is 0.0338 e. The van der Waals surface area contributed by atoms with Gasteiger partial charge in [0, 0.05) is 18.4 Å². The largest absolute Gasteiger partial charge is 0.313 e. The molecule has 1 heterocycles. The first-order chi connectivity index (χ1) is 8.31. The number of aromatic nitrogens is 1. The summed E-state index contributed by atoms with van der Waals surface area (Å²) in [6.07, 6.45) is 12.3. The van der Waals surface area contributed by atoms with Crippen LogP contribution >= 0.6 is 0 Å². The van der Waals surface area contributed by atoms with Gasteiger partial charge >= 0.3 is 0 Å². The Kier molecular flexibility index (Phi) is 4.55. The van der Waals surface area contributed by atoms with E-state index in [-0.39, 0.29) is 0 Å². The number of rotatable bonds is 4. The fraction of sp³-hybridized carbons (Fsp3) is 0.667. The Balaban J connectivity index is 2.03. The van der Waals surface area contributed by atoms with Crippen molar-refractivity contribution in [3.05, 3.63) is 29.6 Å². The molecule has 1 aromatic heterocycles. The molecule has 2 rings (SSSR count). The Morgan fingerprint density at radius 2 is 2.12 bits per heavy atom. The molecule has 1 atom stereocenters. The summed E-state index contributed by atoms with van der Waals surface area (Å²) in [4.78, 5) is 4.27. The Labute approximate surface area is 105 Å². The van der Waals surface area contributed by atoms with Crippen molar-refractivity contribution in [3.8, 4) is 0 Å². The van der Waals surface area contributed by atoms with E-state index in [2.05, 4.69) is 30.3 Å². The van der Waals surface area contributed by atoms with Crippen LogP contribution in [0.3, 0.4) is 0 Å². The van der Waals surface area contributed by atoms with Gasteiger partial charge in [-0.05, 0) is 43.5 Å². The lowest BCUT2D eigenvalue weighted by atomic mass is 9.83. The molecule has 1 aliphatic rings. The molecule has 2 heteroatoms. The molecular weight excluding hydrogens is 208 g/mol. The highest BCUT2D eigenvalue weighted by Crippen LogP contribution is 2.32. The molecule has 0 aromatic carbocycles. The normalized spacial score (nSPS) is 19.2. The van der Waals surface area contributed by atoms with Gasteiger partial charge in [0.05, 0.1) is 0 Å². The summed E-state index contributed by atoms with van der Waals surface area (Å²) in [5.74, 6) is 0.904. The second-order valence-corrected chi connectivity index (χ2v) is 5.31. The molecule has 1 fully saturated rings. The van der Waals surface area contributed by atoms with Crippen LogP contribution in [0.15, 0.2) is 18.5 Å². The zero-order valence-electron chi connectivity index (χ0n) is 11.1. The third kappa shape index (κ3) is 3.29. The summed E-state index contributed by atoms with van der Waals surface area (Å²) >= 11 is 0. The van der Waals surface area contributed by atoms with Crippen LogP contribution in [0.1, 0.15) is 55.7 Å². The Morgan fingerprint density at radius 3 is 2.76 bits per heavy atom. The Morgan fingerprint density at radius 1 is 1.35 bits per heavy atom. The average Bonchev–Trinajstić information content (AvgIpc) is 2.38. The molecule has 94 valence electrons. The van der Waals surface area contributed by atoms with Gasteiger partial charge in [-0.2, -0.15) is 0 Å². The smallest absolute Gasteiger partial charge is 0.0338 e. The van der Waals surface area contributed by atoms with Crippen molar-refractivity contribution in [1.82, 2.24) is 10.3 Å². The van der Waals surface area contributed by atoms with E-state index in [0.29, 0.717) is 6.04 Å². The van der Waals surface area contributed by atoms with E-state index in [1.54, 1.807) is 0 Å². The van der Waals surface area contributed by atoms with Crippen LogP contribution in [0.25, 0.3) is 0 Å². The van der Waals surface area contributed by atoms with Gasteiger partial charge in [0.1, 0.15) is 0 Å². The van der Waals surface area contributed by atoms with Crippen LogP contribution in [-0.4, -0.2) is 12.0 Å². The predicted molar refractivity (Wildman–Crippen MR) is 72.0 cm³/mol. The van der Waals surface area contributed by atoms with Crippen LogP contribution in [0.2, 0.25) is 0 Å². The molecule has 17 heavy (non-hydrogen) atoms. The molecule has 1 aliphatic carbocycles. The van der Waals surface area contributed by atoms with E-state index >= 15 is 0 Å². The molecule has 1 unspecified atom stereocenters. The maximum absolute atomic E-state index is 4.27. The number of hydrogen-bond acceptors (Lipinski definition) is 2. The van der Waals surface area contributed by atoms with Crippen LogP contribution in [0.4, 0.5) is 0 Å². The van der Waals surface area contributed by atoms with E-state index in [9.17, 15) is 0 Å². The first kappa shape index (κ1) is 12.6. The lowest BCUT2D eigenvalue weighted by molar-refractivity contribution is 0.305.